The van der Waals surface area contributed by atoms with Crippen molar-refractivity contribution in [2.24, 2.45) is 0 Å². The van der Waals surface area contributed by atoms with Gasteiger partial charge in [-0.2, -0.15) is 0 Å². The molecular formula is C14H17NO2. The van der Waals surface area contributed by atoms with Crippen molar-refractivity contribution in [1.82, 2.24) is 4.98 Å². The van der Waals surface area contributed by atoms with Gasteiger partial charge in [0.05, 0.1) is 6.42 Å². The van der Waals surface area contributed by atoms with Crippen LogP contribution < -0.4 is 0 Å². The highest BCUT2D eigenvalue weighted by Gasteiger charge is 2.16. The van der Waals surface area contributed by atoms with Crippen LogP contribution >= 0.6 is 0 Å². The van der Waals surface area contributed by atoms with Crippen LogP contribution in [0.4, 0.5) is 0 Å². The Morgan fingerprint density at radius 1 is 1.29 bits per heavy atom. The molecule has 0 amide bonds. The highest BCUT2D eigenvalue weighted by atomic mass is 16.6. The van der Waals surface area contributed by atoms with E-state index in [1.165, 1.54) is 0 Å². The lowest BCUT2D eigenvalue weighted by Crippen LogP contribution is -2.24. The van der Waals surface area contributed by atoms with Crippen LogP contribution in [0, 0.1) is 0 Å². The van der Waals surface area contributed by atoms with E-state index in [1.807, 2.05) is 51.2 Å². The average molecular weight is 231 g/mol. The Bertz CT molecular complexity index is 534. The summed E-state index contributed by atoms with van der Waals surface area (Å²) in [4.78, 5) is 14.8. The first-order chi connectivity index (χ1) is 7.94. The standard InChI is InChI=1S/C14H17NO2/c1-14(2,3)17-13(16)9-10-4-5-12-11(8-10)6-7-15-12/h4-8,15H,9H2,1-3H3. The summed E-state index contributed by atoms with van der Waals surface area (Å²) in [5.74, 6) is -0.188. The normalized spacial score (nSPS) is 11.7. The molecule has 0 fully saturated rings. The number of hydrogen-bond donors (Lipinski definition) is 1. The molecule has 0 aliphatic carbocycles. The van der Waals surface area contributed by atoms with Gasteiger partial charge in [-0.1, -0.05) is 6.07 Å². The van der Waals surface area contributed by atoms with Gasteiger partial charge in [0.1, 0.15) is 5.60 Å². The molecular weight excluding hydrogens is 214 g/mol. The lowest BCUT2D eigenvalue weighted by molar-refractivity contribution is -0.153. The summed E-state index contributed by atoms with van der Waals surface area (Å²) in [6.07, 6.45) is 2.21. The molecule has 3 heteroatoms. The highest BCUT2D eigenvalue weighted by molar-refractivity contribution is 5.82. The third-order valence-corrected chi connectivity index (χ3v) is 2.39. The third kappa shape index (κ3) is 3.09. The monoisotopic (exact) mass is 231 g/mol. The van der Waals surface area contributed by atoms with E-state index in [2.05, 4.69) is 4.98 Å². The van der Waals surface area contributed by atoms with Gasteiger partial charge in [0.25, 0.3) is 0 Å². The Hall–Kier alpha value is -1.77. The molecule has 17 heavy (non-hydrogen) atoms. The van der Waals surface area contributed by atoms with E-state index in [9.17, 15) is 4.79 Å². The molecule has 3 nitrogen and oxygen atoms in total. The number of nitrogens with one attached hydrogen (secondary N) is 1. The molecule has 0 radical (unpaired) electrons. The molecule has 1 aromatic heterocycles. The Morgan fingerprint density at radius 3 is 2.76 bits per heavy atom. The van der Waals surface area contributed by atoms with Gasteiger partial charge >= 0.3 is 5.97 Å². The molecule has 0 bridgehead atoms. The number of benzene rings is 1. The first-order valence-electron chi connectivity index (χ1n) is 5.72. The van der Waals surface area contributed by atoms with E-state index in [0.717, 1.165) is 16.5 Å². The van der Waals surface area contributed by atoms with Gasteiger partial charge < -0.3 is 9.72 Å². The number of aromatic amines is 1. The molecule has 0 aliphatic heterocycles. The van der Waals surface area contributed by atoms with Crippen LogP contribution in [-0.4, -0.2) is 16.6 Å². The van der Waals surface area contributed by atoms with Crippen LogP contribution in [0.25, 0.3) is 10.9 Å². The molecule has 90 valence electrons. The summed E-state index contributed by atoms with van der Waals surface area (Å²) in [5, 5.41) is 1.12. The molecule has 0 unspecified atom stereocenters. The van der Waals surface area contributed by atoms with Gasteiger partial charge in [-0.15, -0.1) is 0 Å². The number of esters is 1. The number of carbonyl (C=O) groups excluding carboxylic acids is 1. The Morgan fingerprint density at radius 2 is 2.06 bits per heavy atom. The summed E-state index contributed by atoms with van der Waals surface area (Å²) < 4.78 is 5.29. The van der Waals surface area contributed by atoms with Crippen molar-refractivity contribution in [3.63, 3.8) is 0 Å². The number of H-pyrrole nitrogens is 1. The number of fused-ring (bicyclic) bond motifs is 1. The van der Waals surface area contributed by atoms with Crippen molar-refractivity contribution in [3.05, 3.63) is 36.0 Å². The second-order valence-electron chi connectivity index (χ2n) is 5.16. The first kappa shape index (κ1) is 11.7. The molecule has 1 aromatic carbocycles. The van der Waals surface area contributed by atoms with Crippen molar-refractivity contribution in [2.75, 3.05) is 0 Å². The molecule has 2 aromatic rings. The van der Waals surface area contributed by atoms with Crippen molar-refractivity contribution in [3.8, 4) is 0 Å². The van der Waals surface area contributed by atoms with Gasteiger partial charge in [-0.25, -0.2) is 0 Å². The third-order valence-electron chi connectivity index (χ3n) is 2.39. The highest BCUT2D eigenvalue weighted by Crippen LogP contribution is 2.16. The van der Waals surface area contributed by atoms with Gasteiger partial charge in [0.15, 0.2) is 0 Å². The Balaban J connectivity index is 2.10. The molecule has 0 saturated carbocycles. The summed E-state index contributed by atoms with van der Waals surface area (Å²) >= 11 is 0. The van der Waals surface area contributed by atoms with Crippen LogP contribution in [0.2, 0.25) is 0 Å². The second-order valence-corrected chi connectivity index (χ2v) is 5.16. The molecule has 0 saturated heterocycles. The van der Waals surface area contributed by atoms with Gasteiger partial charge in [-0.05, 0) is 49.9 Å². The Kier molecular flexibility index (Phi) is 2.92. The fourth-order valence-corrected chi connectivity index (χ4v) is 1.76. The summed E-state index contributed by atoms with van der Waals surface area (Å²) in [5.41, 5.74) is 1.64. The van der Waals surface area contributed by atoms with Gasteiger partial charge in [-0.3, -0.25) is 4.79 Å². The fraction of sp³-hybridized carbons (Fsp3) is 0.357. The summed E-state index contributed by atoms with van der Waals surface area (Å²) in [6.45, 7) is 5.63. The topological polar surface area (TPSA) is 42.1 Å². The Labute approximate surface area is 101 Å². The lowest BCUT2D eigenvalue weighted by atomic mass is 10.1. The molecule has 2 rings (SSSR count). The second kappa shape index (κ2) is 4.24. The zero-order valence-corrected chi connectivity index (χ0v) is 10.4. The van der Waals surface area contributed by atoms with E-state index in [-0.39, 0.29) is 5.97 Å². The van der Waals surface area contributed by atoms with Crippen molar-refractivity contribution < 1.29 is 9.53 Å². The number of aromatic nitrogens is 1. The fourth-order valence-electron chi connectivity index (χ4n) is 1.76. The summed E-state index contributed by atoms with van der Waals surface area (Å²) in [6, 6.07) is 7.93. The zero-order chi connectivity index (χ0) is 12.5. The van der Waals surface area contributed by atoms with E-state index in [1.54, 1.807) is 0 Å². The van der Waals surface area contributed by atoms with E-state index in [4.69, 9.17) is 4.74 Å². The maximum absolute atomic E-state index is 11.7. The maximum atomic E-state index is 11.7. The molecule has 1 heterocycles. The largest absolute Gasteiger partial charge is 0.460 e. The minimum absolute atomic E-state index is 0.188. The first-order valence-corrected chi connectivity index (χ1v) is 5.72. The number of ether oxygens (including phenoxy) is 1. The summed E-state index contributed by atoms with van der Waals surface area (Å²) in [7, 11) is 0. The van der Waals surface area contributed by atoms with Crippen LogP contribution in [0.5, 0.6) is 0 Å². The van der Waals surface area contributed by atoms with Gasteiger partial charge in [0.2, 0.25) is 0 Å². The smallest absolute Gasteiger partial charge is 0.310 e. The minimum Gasteiger partial charge on any atom is -0.460 e. The quantitative estimate of drug-likeness (QED) is 0.807. The van der Waals surface area contributed by atoms with Crippen LogP contribution in [-0.2, 0) is 16.0 Å². The predicted molar refractivity (Wildman–Crippen MR) is 67.8 cm³/mol. The van der Waals surface area contributed by atoms with Gasteiger partial charge in [0, 0.05) is 11.7 Å². The van der Waals surface area contributed by atoms with Crippen LogP contribution in [0.1, 0.15) is 26.3 Å². The molecule has 0 spiro atoms. The maximum Gasteiger partial charge on any atom is 0.310 e. The lowest BCUT2D eigenvalue weighted by Gasteiger charge is -2.19. The van der Waals surface area contributed by atoms with Crippen molar-refractivity contribution in [1.29, 1.82) is 0 Å². The van der Waals surface area contributed by atoms with Crippen LogP contribution in [0.3, 0.4) is 0 Å². The van der Waals surface area contributed by atoms with E-state index < -0.39 is 5.60 Å². The van der Waals surface area contributed by atoms with E-state index >= 15 is 0 Å². The minimum atomic E-state index is -0.421. The molecule has 1 N–H and O–H groups in total. The average Bonchev–Trinajstić information content (AvgIpc) is 2.61. The van der Waals surface area contributed by atoms with E-state index in [0.29, 0.717) is 6.42 Å². The zero-order valence-electron chi connectivity index (χ0n) is 10.4. The molecule has 0 aliphatic rings. The van der Waals surface area contributed by atoms with Crippen LogP contribution in [0.15, 0.2) is 30.5 Å². The SMILES string of the molecule is CC(C)(C)OC(=O)Cc1ccc2[nH]ccc2c1. The predicted octanol–water partition coefficient (Wildman–Crippen LogP) is 3.05. The number of carbonyl (C=O) groups is 1. The number of rotatable bonds is 2. The van der Waals surface area contributed by atoms with Crippen molar-refractivity contribution in [2.45, 2.75) is 32.8 Å². The van der Waals surface area contributed by atoms with Crippen molar-refractivity contribution >= 4 is 16.9 Å². The number of hydrogen-bond acceptors (Lipinski definition) is 2. The molecule has 0 atom stereocenters.